The van der Waals surface area contributed by atoms with E-state index in [9.17, 15) is 9.59 Å². The van der Waals surface area contributed by atoms with Crippen molar-refractivity contribution in [3.63, 3.8) is 0 Å². The quantitative estimate of drug-likeness (QED) is 0.669. The Morgan fingerprint density at radius 3 is 2.44 bits per heavy atom. The van der Waals surface area contributed by atoms with Crippen LogP contribution in [-0.4, -0.2) is 48.6 Å². The zero-order valence-corrected chi connectivity index (χ0v) is 9.34. The van der Waals surface area contributed by atoms with E-state index in [2.05, 4.69) is 0 Å². The van der Waals surface area contributed by atoms with Crippen molar-refractivity contribution < 1.29 is 28.9 Å². The molecular formula is C10H16O6. The summed E-state index contributed by atoms with van der Waals surface area (Å²) in [6, 6.07) is 0. The molecule has 0 aromatic rings. The van der Waals surface area contributed by atoms with Gasteiger partial charge in [-0.25, -0.2) is 0 Å². The molecule has 1 aliphatic heterocycles. The van der Waals surface area contributed by atoms with Crippen LogP contribution in [0.2, 0.25) is 0 Å². The van der Waals surface area contributed by atoms with Crippen molar-refractivity contribution in [3.05, 3.63) is 0 Å². The van der Waals surface area contributed by atoms with Crippen LogP contribution in [0.15, 0.2) is 0 Å². The Labute approximate surface area is 93.5 Å². The van der Waals surface area contributed by atoms with E-state index in [4.69, 9.17) is 19.3 Å². The molecule has 3 atom stereocenters. The maximum atomic E-state index is 10.9. The molecule has 0 radical (unpaired) electrons. The summed E-state index contributed by atoms with van der Waals surface area (Å²) in [7, 11) is 0. The highest BCUT2D eigenvalue weighted by molar-refractivity contribution is 5.67. The van der Waals surface area contributed by atoms with Crippen molar-refractivity contribution in [2.45, 2.75) is 38.6 Å². The predicted octanol–water partition coefficient (Wildman–Crippen LogP) is -0.369. The number of esters is 2. The number of ether oxygens (including phenoxy) is 3. The molecule has 0 aliphatic carbocycles. The molecule has 0 spiro atoms. The molecule has 0 aromatic heterocycles. The van der Waals surface area contributed by atoms with Crippen LogP contribution in [0.25, 0.3) is 0 Å². The molecule has 1 aliphatic rings. The Balaban J connectivity index is 2.69. The predicted molar refractivity (Wildman–Crippen MR) is 52.6 cm³/mol. The average molecular weight is 232 g/mol. The normalized spacial score (nSPS) is 29.6. The van der Waals surface area contributed by atoms with Gasteiger partial charge in [0.15, 0.2) is 6.10 Å². The Bertz CT molecular complexity index is 264. The molecule has 0 bridgehead atoms. The SMILES string of the molecule is CC(=O)OC1CCOC(CO)C1OC(C)=O. The first-order valence-electron chi connectivity index (χ1n) is 5.11. The number of hydrogen-bond donors (Lipinski definition) is 1. The molecule has 92 valence electrons. The summed E-state index contributed by atoms with van der Waals surface area (Å²) in [4.78, 5) is 21.8. The zero-order chi connectivity index (χ0) is 12.1. The van der Waals surface area contributed by atoms with Crippen LogP contribution in [0.4, 0.5) is 0 Å². The highest BCUT2D eigenvalue weighted by Gasteiger charge is 2.38. The van der Waals surface area contributed by atoms with E-state index in [0.29, 0.717) is 13.0 Å². The topological polar surface area (TPSA) is 82.1 Å². The highest BCUT2D eigenvalue weighted by Crippen LogP contribution is 2.21. The first-order valence-corrected chi connectivity index (χ1v) is 5.11. The van der Waals surface area contributed by atoms with Crippen molar-refractivity contribution in [1.82, 2.24) is 0 Å². The molecule has 0 saturated carbocycles. The van der Waals surface area contributed by atoms with E-state index in [1.54, 1.807) is 0 Å². The van der Waals surface area contributed by atoms with E-state index in [1.165, 1.54) is 13.8 Å². The van der Waals surface area contributed by atoms with Gasteiger partial charge in [0, 0.05) is 20.3 Å². The summed E-state index contributed by atoms with van der Waals surface area (Å²) in [5.41, 5.74) is 0. The van der Waals surface area contributed by atoms with Gasteiger partial charge in [-0.2, -0.15) is 0 Å². The third kappa shape index (κ3) is 3.46. The second kappa shape index (κ2) is 5.81. The molecule has 1 N–H and O–H groups in total. The maximum Gasteiger partial charge on any atom is 0.303 e. The minimum atomic E-state index is -0.736. The van der Waals surface area contributed by atoms with Gasteiger partial charge in [-0.1, -0.05) is 0 Å². The molecule has 0 aromatic carbocycles. The van der Waals surface area contributed by atoms with E-state index in [1.807, 2.05) is 0 Å². The number of carbonyl (C=O) groups excluding carboxylic acids is 2. The first-order chi connectivity index (χ1) is 7.54. The molecule has 6 nitrogen and oxygen atoms in total. The van der Waals surface area contributed by atoms with Gasteiger partial charge in [-0.3, -0.25) is 9.59 Å². The number of hydrogen-bond acceptors (Lipinski definition) is 6. The van der Waals surface area contributed by atoms with Crippen LogP contribution < -0.4 is 0 Å². The molecule has 0 amide bonds. The maximum absolute atomic E-state index is 10.9. The summed E-state index contributed by atoms with van der Waals surface area (Å²) in [6.07, 6.45) is -1.47. The van der Waals surface area contributed by atoms with Gasteiger partial charge in [0.25, 0.3) is 0 Å². The van der Waals surface area contributed by atoms with Crippen LogP contribution >= 0.6 is 0 Å². The van der Waals surface area contributed by atoms with Crippen molar-refractivity contribution >= 4 is 11.9 Å². The first kappa shape index (κ1) is 12.9. The fraction of sp³-hybridized carbons (Fsp3) is 0.800. The largest absolute Gasteiger partial charge is 0.458 e. The lowest BCUT2D eigenvalue weighted by molar-refractivity contribution is -0.197. The fourth-order valence-electron chi connectivity index (χ4n) is 1.67. The number of aliphatic hydroxyl groups excluding tert-OH is 1. The number of aliphatic hydroxyl groups is 1. The van der Waals surface area contributed by atoms with Gasteiger partial charge < -0.3 is 19.3 Å². The molecule has 1 saturated heterocycles. The molecule has 1 heterocycles. The fourth-order valence-corrected chi connectivity index (χ4v) is 1.67. The third-order valence-electron chi connectivity index (χ3n) is 2.27. The molecule has 1 fully saturated rings. The zero-order valence-electron chi connectivity index (χ0n) is 9.34. The lowest BCUT2D eigenvalue weighted by Crippen LogP contribution is -2.50. The summed E-state index contributed by atoms with van der Waals surface area (Å²) < 4.78 is 15.3. The van der Waals surface area contributed by atoms with Crippen molar-refractivity contribution in [3.8, 4) is 0 Å². The van der Waals surface area contributed by atoms with E-state index < -0.39 is 30.3 Å². The number of carbonyl (C=O) groups is 2. The van der Waals surface area contributed by atoms with Crippen LogP contribution in [0.1, 0.15) is 20.3 Å². The summed E-state index contributed by atoms with van der Waals surface area (Å²) in [5.74, 6) is -0.938. The summed E-state index contributed by atoms with van der Waals surface area (Å²) in [6.45, 7) is 2.62. The van der Waals surface area contributed by atoms with Crippen LogP contribution in [0.5, 0.6) is 0 Å². The van der Waals surface area contributed by atoms with Crippen LogP contribution in [0, 0.1) is 0 Å². The summed E-state index contributed by atoms with van der Waals surface area (Å²) >= 11 is 0. The Morgan fingerprint density at radius 2 is 1.94 bits per heavy atom. The standard InChI is InChI=1S/C10H16O6/c1-6(12)15-8-3-4-14-9(5-11)10(8)16-7(2)13/h8-11H,3-5H2,1-2H3. The lowest BCUT2D eigenvalue weighted by atomic mass is 10.0. The van der Waals surface area contributed by atoms with E-state index >= 15 is 0 Å². The number of rotatable bonds is 3. The molecule has 16 heavy (non-hydrogen) atoms. The minimum absolute atomic E-state index is 0.282. The average Bonchev–Trinajstić information content (AvgIpc) is 2.19. The molecule has 1 rings (SSSR count). The van der Waals surface area contributed by atoms with Crippen molar-refractivity contribution in [2.75, 3.05) is 13.2 Å². The second-order valence-corrected chi connectivity index (χ2v) is 3.60. The van der Waals surface area contributed by atoms with Gasteiger partial charge in [0.1, 0.15) is 12.2 Å². The molecule has 3 unspecified atom stereocenters. The Hall–Kier alpha value is -1.14. The second-order valence-electron chi connectivity index (χ2n) is 3.60. The van der Waals surface area contributed by atoms with Gasteiger partial charge in [0.05, 0.1) is 13.2 Å². The van der Waals surface area contributed by atoms with Gasteiger partial charge in [-0.15, -0.1) is 0 Å². The Kier molecular flexibility index (Phi) is 4.70. The van der Waals surface area contributed by atoms with Gasteiger partial charge in [-0.05, 0) is 0 Å². The smallest absolute Gasteiger partial charge is 0.303 e. The highest BCUT2D eigenvalue weighted by atomic mass is 16.6. The Morgan fingerprint density at radius 1 is 1.31 bits per heavy atom. The minimum Gasteiger partial charge on any atom is -0.458 e. The van der Waals surface area contributed by atoms with Crippen LogP contribution in [0.3, 0.4) is 0 Å². The monoisotopic (exact) mass is 232 g/mol. The van der Waals surface area contributed by atoms with Crippen molar-refractivity contribution in [2.24, 2.45) is 0 Å². The van der Waals surface area contributed by atoms with Gasteiger partial charge in [0.2, 0.25) is 0 Å². The van der Waals surface area contributed by atoms with E-state index in [-0.39, 0.29) is 6.61 Å². The summed E-state index contributed by atoms with van der Waals surface area (Å²) in [5, 5.41) is 9.07. The van der Waals surface area contributed by atoms with Crippen LogP contribution in [-0.2, 0) is 23.8 Å². The van der Waals surface area contributed by atoms with E-state index in [0.717, 1.165) is 0 Å². The van der Waals surface area contributed by atoms with Crippen molar-refractivity contribution in [1.29, 1.82) is 0 Å². The third-order valence-corrected chi connectivity index (χ3v) is 2.27. The lowest BCUT2D eigenvalue weighted by Gasteiger charge is -2.35. The molecule has 6 heteroatoms. The molecular weight excluding hydrogens is 216 g/mol. The van der Waals surface area contributed by atoms with Gasteiger partial charge >= 0.3 is 11.9 Å².